The third kappa shape index (κ3) is 2.97. The van der Waals surface area contributed by atoms with Crippen LogP contribution in [0.15, 0.2) is 18.2 Å². The van der Waals surface area contributed by atoms with Gasteiger partial charge >= 0.3 is 0 Å². The van der Waals surface area contributed by atoms with Crippen LogP contribution in [-0.2, 0) is 11.3 Å². The summed E-state index contributed by atoms with van der Waals surface area (Å²) in [6, 6.07) is 4.33. The first-order valence-corrected chi connectivity index (χ1v) is 4.38. The van der Waals surface area contributed by atoms with Gasteiger partial charge in [-0.2, -0.15) is 0 Å². The second-order valence-electron chi connectivity index (χ2n) is 2.80. The maximum atomic E-state index is 12.9. The molecule has 0 saturated carbocycles. The van der Waals surface area contributed by atoms with E-state index in [1.807, 2.05) is 0 Å². The minimum absolute atomic E-state index is 0.294. The Morgan fingerprint density at radius 2 is 2.21 bits per heavy atom. The molecule has 0 unspecified atom stereocenters. The van der Waals surface area contributed by atoms with E-state index in [2.05, 4.69) is 0 Å². The summed E-state index contributed by atoms with van der Waals surface area (Å²) in [5, 5.41) is 0. The highest BCUT2D eigenvalue weighted by atomic mass is 19.1. The lowest BCUT2D eigenvalue weighted by Crippen LogP contribution is -2.08. The van der Waals surface area contributed by atoms with E-state index in [0.717, 1.165) is 0 Å². The molecule has 0 fully saturated rings. The zero-order valence-electron chi connectivity index (χ0n) is 8.13. The third-order valence-corrected chi connectivity index (χ3v) is 1.76. The fourth-order valence-corrected chi connectivity index (χ4v) is 1.13. The van der Waals surface area contributed by atoms with Gasteiger partial charge in [-0.1, -0.05) is 0 Å². The Hall–Kier alpha value is -1.13. The lowest BCUT2D eigenvalue weighted by Gasteiger charge is -2.08. The highest BCUT2D eigenvalue weighted by Crippen LogP contribution is 2.19. The van der Waals surface area contributed by atoms with Crippen molar-refractivity contribution in [2.45, 2.75) is 6.61 Å². The highest BCUT2D eigenvalue weighted by molar-refractivity contribution is 5.33. The monoisotopic (exact) mass is 199 g/mol. The van der Waals surface area contributed by atoms with Gasteiger partial charge in [0.05, 0.1) is 20.3 Å². The average molecular weight is 199 g/mol. The Morgan fingerprint density at radius 3 is 2.86 bits per heavy atom. The molecule has 0 saturated heterocycles. The van der Waals surface area contributed by atoms with Crippen LogP contribution in [0.3, 0.4) is 0 Å². The minimum Gasteiger partial charge on any atom is -0.496 e. The van der Waals surface area contributed by atoms with Crippen molar-refractivity contribution in [2.75, 3.05) is 20.3 Å². The largest absolute Gasteiger partial charge is 0.496 e. The molecule has 14 heavy (non-hydrogen) atoms. The number of hydrogen-bond acceptors (Lipinski definition) is 3. The van der Waals surface area contributed by atoms with Crippen molar-refractivity contribution < 1.29 is 13.9 Å². The van der Waals surface area contributed by atoms with Gasteiger partial charge in [-0.3, -0.25) is 0 Å². The zero-order valence-corrected chi connectivity index (χ0v) is 8.13. The molecule has 0 atom stereocenters. The normalized spacial score (nSPS) is 10.2. The molecule has 1 aromatic rings. The van der Waals surface area contributed by atoms with Crippen molar-refractivity contribution in [3.63, 3.8) is 0 Å². The molecule has 1 aromatic carbocycles. The van der Waals surface area contributed by atoms with Crippen LogP contribution in [0.25, 0.3) is 0 Å². The predicted octanol–water partition coefficient (Wildman–Crippen LogP) is 1.31. The van der Waals surface area contributed by atoms with E-state index >= 15 is 0 Å². The molecular weight excluding hydrogens is 185 g/mol. The number of methoxy groups -OCH3 is 1. The summed E-state index contributed by atoms with van der Waals surface area (Å²) >= 11 is 0. The Balaban J connectivity index is 2.67. The highest BCUT2D eigenvalue weighted by Gasteiger charge is 2.04. The number of halogens is 1. The van der Waals surface area contributed by atoms with Crippen LogP contribution in [0.4, 0.5) is 4.39 Å². The molecule has 0 heterocycles. The summed E-state index contributed by atoms with van der Waals surface area (Å²) in [4.78, 5) is 0. The van der Waals surface area contributed by atoms with Crippen LogP contribution in [0.1, 0.15) is 5.56 Å². The molecule has 4 heteroatoms. The molecular formula is C10H14FNO2. The van der Waals surface area contributed by atoms with E-state index in [9.17, 15) is 4.39 Å². The van der Waals surface area contributed by atoms with Crippen LogP contribution in [-0.4, -0.2) is 20.3 Å². The third-order valence-electron chi connectivity index (χ3n) is 1.76. The molecule has 0 aliphatic rings. The fourth-order valence-electron chi connectivity index (χ4n) is 1.13. The van der Waals surface area contributed by atoms with Crippen molar-refractivity contribution >= 4 is 0 Å². The summed E-state index contributed by atoms with van der Waals surface area (Å²) in [6.45, 7) is 1.23. The molecule has 3 nitrogen and oxygen atoms in total. The summed E-state index contributed by atoms with van der Waals surface area (Å²) in [5.41, 5.74) is 5.96. The molecule has 0 spiro atoms. The van der Waals surface area contributed by atoms with Crippen LogP contribution in [0.5, 0.6) is 5.75 Å². The summed E-state index contributed by atoms with van der Waals surface area (Å²) in [5.74, 6) is 0.334. The van der Waals surface area contributed by atoms with Gasteiger partial charge in [0, 0.05) is 12.1 Å². The molecule has 2 N–H and O–H groups in total. The number of benzene rings is 1. The molecule has 78 valence electrons. The average Bonchev–Trinajstić information content (AvgIpc) is 2.19. The molecule has 0 amide bonds. The van der Waals surface area contributed by atoms with Crippen molar-refractivity contribution in [2.24, 2.45) is 5.73 Å². The maximum absolute atomic E-state index is 12.9. The Bertz CT molecular complexity index is 291. The molecule has 0 bridgehead atoms. The first kappa shape index (κ1) is 10.9. The Morgan fingerprint density at radius 1 is 1.43 bits per heavy atom. The van der Waals surface area contributed by atoms with Crippen LogP contribution in [0, 0.1) is 5.82 Å². The van der Waals surface area contributed by atoms with E-state index in [1.54, 1.807) is 13.2 Å². The molecule has 0 aliphatic carbocycles. The summed E-state index contributed by atoms with van der Waals surface area (Å²) in [6.07, 6.45) is 0. The van der Waals surface area contributed by atoms with Crippen LogP contribution >= 0.6 is 0 Å². The van der Waals surface area contributed by atoms with E-state index in [-0.39, 0.29) is 5.82 Å². The summed E-state index contributed by atoms with van der Waals surface area (Å²) < 4.78 is 23.1. The first-order chi connectivity index (χ1) is 6.77. The van der Waals surface area contributed by atoms with Gasteiger partial charge in [0.25, 0.3) is 0 Å². The quantitative estimate of drug-likeness (QED) is 0.727. The van der Waals surface area contributed by atoms with E-state index < -0.39 is 0 Å². The van der Waals surface area contributed by atoms with Gasteiger partial charge in [-0.25, -0.2) is 4.39 Å². The zero-order chi connectivity index (χ0) is 10.4. The Kier molecular flexibility index (Phi) is 4.35. The van der Waals surface area contributed by atoms with Crippen molar-refractivity contribution in [1.29, 1.82) is 0 Å². The van der Waals surface area contributed by atoms with Crippen LogP contribution < -0.4 is 10.5 Å². The van der Waals surface area contributed by atoms with E-state index in [1.165, 1.54) is 12.1 Å². The van der Waals surface area contributed by atoms with E-state index in [0.29, 0.717) is 31.1 Å². The lowest BCUT2D eigenvalue weighted by atomic mass is 10.2. The van der Waals surface area contributed by atoms with Crippen molar-refractivity contribution in [3.05, 3.63) is 29.6 Å². The molecule has 1 rings (SSSR count). The SMILES string of the molecule is COc1ccc(F)cc1COCCN. The topological polar surface area (TPSA) is 44.5 Å². The van der Waals surface area contributed by atoms with Crippen LogP contribution in [0.2, 0.25) is 0 Å². The molecule has 0 aromatic heterocycles. The van der Waals surface area contributed by atoms with Gasteiger partial charge in [0.1, 0.15) is 11.6 Å². The number of hydrogen-bond donors (Lipinski definition) is 1. The van der Waals surface area contributed by atoms with E-state index in [4.69, 9.17) is 15.2 Å². The number of ether oxygens (including phenoxy) is 2. The maximum Gasteiger partial charge on any atom is 0.124 e. The Labute approximate surface area is 82.6 Å². The van der Waals surface area contributed by atoms with Crippen molar-refractivity contribution in [1.82, 2.24) is 0 Å². The first-order valence-electron chi connectivity index (χ1n) is 4.38. The fraction of sp³-hybridized carbons (Fsp3) is 0.400. The smallest absolute Gasteiger partial charge is 0.124 e. The van der Waals surface area contributed by atoms with Gasteiger partial charge in [0.15, 0.2) is 0 Å². The summed E-state index contributed by atoms with van der Waals surface area (Å²) in [7, 11) is 1.54. The molecule has 0 aliphatic heterocycles. The lowest BCUT2D eigenvalue weighted by molar-refractivity contribution is 0.126. The van der Waals surface area contributed by atoms with Gasteiger partial charge in [-0.15, -0.1) is 0 Å². The van der Waals surface area contributed by atoms with Crippen molar-refractivity contribution in [3.8, 4) is 5.75 Å². The van der Waals surface area contributed by atoms with Gasteiger partial charge in [-0.05, 0) is 18.2 Å². The standard InChI is InChI=1S/C10H14FNO2/c1-13-10-3-2-9(11)6-8(10)7-14-5-4-12/h2-3,6H,4-5,7,12H2,1H3. The second kappa shape index (κ2) is 5.57. The van der Waals surface area contributed by atoms with Gasteiger partial charge < -0.3 is 15.2 Å². The molecule has 0 radical (unpaired) electrons. The number of nitrogens with two attached hydrogens (primary N) is 1. The number of rotatable bonds is 5. The van der Waals surface area contributed by atoms with Gasteiger partial charge in [0.2, 0.25) is 0 Å². The minimum atomic E-state index is -0.294. The predicted molar refractivity (Wildman–Crippen MR) is 51.7 cm³/mol. The second-order valence-corrected chi connectivity index (χ2v) is 2.80.